The van der Waals surface area contributed by atoms with E-state index in [1.807, 2.05) is 32.0 Å². The summed E-state index contributed by atoms with van der Waals surface area (Å²) in [7, 11) is 0. The van der Waals surface area contributed by atoms with Gasteiger partial charge in [-0.25, -0.2) is 0 Å². The zero-order valence-electron chi connectivity index (χ0n) is 16.1. The van der Waals surface area contributed by atoms with Gasteiger partial charge in [-0.3, -0.25) is 14.4 Å². The molecule has 1 N–H and O–H groups in total. The number of aryl methyl sites for hydroxylation is 1. The van der Waals surface area contributed by atoms with Crippen molar-refractivity contribution in [1.82, 2.24) is 4.90 Å². The second-order valence-corrected chi connectivity index (χ2v) is 7.39. The molecule has 1 fully saturated rings. The van der Waals surface area contributed by atoms with Gasteiger partial charge in [0.25, 0.3) is 5.91 Å². The topological polar surface area (TPSA) is 69.7 Å². The number of fused-ring (bicyclic) bond motifs is 2. The molecule has 0 saturated carbocycles. The largest absolute Gasteiger partial charge is 0.327 e. The SMILES string of the molecule is Cc1cccc(NC(=O)CN2C(=O)C3CCCN3C(=O)c3ccccc32)c1C. The number of amides is 3. The average Bonchev–Trinajstić information content (AvgIpc) is 3.16. The van der Waals surface area contributed by atoms with Crippen molar-refractivity contribution in [2.45, 2.75) is 32.7 Å². The van der Waals surface area contributed by atoms with Crippen LogP contribution in [0.3, 0.4) is 0 Å². The van der Waals surface area contributed by atoms with Gasteiger partial charge in [-0.15, -0.1) is 0 Å². The molecule has 2 aliphatic rings. The van der Waals surface area contributed by atoms with Gasteiger partial charge < -0.3 is 15.1 Å². The third-order valence-corrected chi connectivity index (χ3v) is 5.67. The minimum Gasteiger partial charge on any atom is -0.327 e. The van der Waals surface area contributed by atoms with Crippen molar-refractivity contribution < 1.29 is 14.4 Å². The van der Waals surface area contributed by atoms with Crippen LogP contribution in [0, 0.1) is 13.8 Å². The summed E-state index contributed by atoms with van der Waals surface area (Å²) in [5.41, 5.74) is 3.79. The van der Waals surface area contributed by atoms with E-state index in [-0.39, 0.29) is 24.3 Å². The van der Waals surface area contributed by atoms with Crippen LogP contribution in [0.2, 0.25) is 0 Å². The average molecular weight is 377 g/mol. The number of hydrogen-bond acceptors (Lipinski definition) is 3. The fraction of sp³-hybridized carbons (Fsp3) is 0.318. The molecule has 1 atom stereocenters. The maximum absolute atomic E-state index is 13.2. The van der Waals surface area contributed by atoms with E-state index in [0.29, 0.717) is 24.2 Å². The summed E-state index contributed by atoms with van der Waals surface area (Å²) >= 11 is 0. The molecule has 0 radical (unpaired) electrons. The molecule has 0 aromatic heterocycles. The Morgan fingerprint density at radius 3 is 2.71 bits per heavy atom. The van der Waals surface area contributed by atoms with Crippen molar-refractivity contribution in [3.63, 3.8) is 0 Å². The summed E-state index contributed by atoms with van der Waals surface area (Å²) in [6.45, 7) is 4.39. The molecule has 4 rings (SSSR count). The molecule has 1 unspecified atom stereocenters. The zero-order valence-corrected chi connectivity index (χ0v) is 16.1. The van der Waals surface area contributed by atoms with E-state index in [0.717, 1.165) is 23.2 Å². The number of rotatable bonds is 3. The number of para-hydroxylation sites is 1. The third kappa shape index (κ3) is 3.05. The first-order chi connectivity index (χ1) is 13.5. The lowest BCUT2D eigenvalue weighted by molar-refractivity contribution is -0.124. The number of nitrogens with zero attached hydrogens (tertiary/aromatic N) is 2. The van der Waals surface area contributed by atoms with Crippen molar-refractivity contribution in [1.29, 1.82) is 0 Å². The van der Waals surface area contributed by atoms with Gasteiger partial charge in [0.15, 0.2) is 0 Å². The van der Waals surface area contributed by atoms with E-state index in [4.69, 9.17) is 0 Å². The van der Waals surface area contributed by atoms with Gasteiger partial charge in [0.2, 0.25) is 11.8 Å². The van der Waals surface area contributed by atoms with Crippen LogP contribution in [0.25, 0.3) is 0 Å². The smallest absolute Gasteiger partial charge is 0.256 e. The van der Waals surface area contributed by atoms with Gasteiger partial charge in [0.05, 0.1) is 11.3 Å². The predicted octanol–water partition coefficient (Wildman–Crippen LogP) is 2.89. The van der Waals surface area contributed by atoms with Crippen LogP contribution in [-0.4, -0.2) is 41.8 Å². The molecular formula is C22H23N3O3. The minimum absolute atomic E-state index is 0.124. The monoisotopic (exact) mass is 377 g/mol. The summed E-state index contributed by atoms with van der Waals surface area (Å²) < 4.78 is 0. The summed E-state index contributed by atoms with van der Waals surface area (Å²) in [6, 6.07) is 12.3. The maximum Gasteiger partial charge on any atom is 0.256 e. The molecule has 0 bridgehead atoms. The van der Waals surface area contributed by atoms with Gasteiger partial charge in [-0.2, -0.15) is 0 Å². The molecule has 2 aromatic rings. The highest BCUT2D eigenvalue weighted by Gasteiger charge is 2.42. The number of nitrogens with one attached hydrogen (secondary N) is 1. The summed E-state index contributed by atoms with van der Waals surface area (Å²) in [4.78, 5) is 42.0. The molecule has 2 aromatic carbocycles. The lowest BCUT2D eigenvalue weighted by Crippen LogP contribution is -2.47. The first kappa shape index (κ1) is 18.2. The second kappa shape index (κ2) is 7.11. The Balaban J connectivity index is 1.64. The van der Waals surface area contributed by atoms with E-state index in [1.165, 1.54) is 4.90 Å². The molecule has 6 heteroatoms. The van der Waals surface area contributed by atoms with Crippen LogP contribution < -0.4 is 10.2 Å². The fourth-order valence-electron chi connectivity index (χ4n) is 3.99. The van der Waals surface area contributed by atoms with Crippen molar-refractivity contribution in [3.8, 4) is 0 Å². The summed E-state index contributed by atoms with van der Waals surface area (Å²) in [5, 5.41) is 2.91. The first-order valence-corrected chi connectivity index (χ1v) is 9.55. The molecule has 3 amide bonds. The van der Waals surface area contributed by atoms with Gasteiger partial charge >= 0.3 is 0 Å². The van der Waals surface area contributed by atoms with E-state index in [2.05, 4.69) is 5.32 Å². The predicted molar refractivity (Wildman–Crippen MR) is 107 cm³/mol. The molecular weight excluding hydrogens is 354 g/mol. The third-order valence-electron chi connectivity index (χ3n) is 5.67. The Labute approximate surface area is 164 Å². The summed E-state index contributed by atoms with van der Waals surface area (Å²) in [5.74, 6) is -0.605. The lowest BCUT2D eigenvalue weighted by Gasteiger charge is -2.25. The Morgan fingerprint density at radius 2 is 1.89 bits per heavy atom. The van der Waals surface area contributed by atoms with Crippen molar-refractivity contribution in [2.24, 2.45) is 0 Å². The molecule has 28 heavy (non-hydrogen) atoms. The van der Waals surface area contributed by atoms with Gasteiger partial charge in [0.1, 0.15) is 12.6 Å². The Morgan fingerprint density at radius 1 is 1.11 bits per heavy atom. The minimum atomic E-state index is -0.492. The molecule has 0 aliphatic carbocycles. The first-order valence-electron chi connectivity index (χ1n) is 9.55. The van der Waals surface area contributed by atoms with Crippen molar-refractivity contribution >= 4 is 29.1 Å². The van der Waals surface area contributed by atoms with Crippen LogP contribution in [-0.2, 0) is 9.59 Å². The van der Waals surface area contributed by atoms with Gasteiger partial charge in [-0.1, -0.05) is 24.3 Å². The van der Waals surface area contributed by atoms with Crippen LogP contribution in [0.1, 0.15) is 34.3 Å². The van der Waals surface area contributed by atoms with E-state index in [1.54, 1.807) is 29.2 Å². The normalized spacial score (nSPS) is 18.6. The Bertz CT molecular complexity index is 969. The second-order valence-electron chi connectivity index (χ2n) is 7.39. The molecule has 144 valence electrons. The number of hydrogen-bond donors (Lipinski definition) is 1. The van der Waals surface area contributed by atoms with Crippen LogP contribution in [0.4, 0.5) is 11.4 Å². The number of benzene rings is 2. The van der Waals surface area contributed by atoms with Crippen LogP contribution >= 0.6 is 0 Å². The quantitative estimate of drug-likeness (QED) is 0.894. The standard InChI is InChI=1S/C22H23N3O3/c1-14-7-5-9-17(15(14)2)23-20(26)13-25-18-10-4-3-8-16(18)21(27)24-12-6-11-19(24)22(25)28/h3-5,7-10,19H,6,11-13H2,1-2H3,(H,23,26). The number of carbonyl (C=O) groups is 3. The van der Waals surface area contributed by atoms with E-state index in [9.17, 15) is 14.4 Å². The van der Waals surface area contributed by atoms with E-state index < -0.39 is 6.04 Å². The molecule has 1 saturated heterocycles. The Kier molecular flexibility index (Phi) is 4.63. The van der Waals surface area contributed by atoms with Crippen molar-refractivity contribution in [3.05, 3.63) is 59.2 Å². The van der Waals surface area contributed by atoms with Gasteiger partial charge in [0, 0.05) is 12.2 Å². The summed E-state index contributed by atoms with van der Waals surface area (Å²) in [6.07, 6.45) is 1.43. The van der Waals surface area contributed by atoms with Crippen LogP contribution in [0.15, 0.2) is 42.5 Å². The Hall–Kier alpha value is -3.15. The molecule has 2 heterocycles. The van der Waals surface area contributed by atoms with Crippen molar-refractivity contribution in [2.75, 3.05) is 23.3 Å². The highest BCUT2D eigenvalue weighted by molar-refractivity contribution is 6.13. The van der Waals surface area contributed by atoms with Crippen LogP contribution in [0.5, 0.6) is 0 Å². The highest BCUT2D eigenvalue weighted by Crippen LogP contribution is 2.32. The number of carbonyl (C=O) groups excluding carboxylic acids is 3. The lowest BCUT2D eigenvalue weighted by atomic mass is 10.1. The molecule has 0 spiro atoms. The molecule has 6 nitrogen and oxygen atoms in total. The maximum atomic E-state index is 13.2. The zero-order chi connectivity index (χ0) is 19.8. The fourth-order valence-corrected chi connectivity index (χ4v) is 3.99. The molecule has 2 aliphatic heterocycles. The van der Waals surface area contributed by atoms with Gasteiger partial charge in [-0.05, 0) is 56.0 Å². The number of anilines is 2. The van der Waals surface area contributed by atoms with E-state index >= 15 is 0 Å². The highest BCUT2D eigenvalue weighted by atomic mass is 16.2.